The van der Waals surface area contributed by atoms with Crippen molar-refractivity contribution >= 4 is 29.6 Å². The van der Waals surface area contributed by atoms with Gasteiger partial charge in [0.15, 0.2) is 0 Å². The van der Waals surface area contributed by atoms with E-state index in [1.165, 1.54) is 0 Å². The van der Waals surface area contributed by atoms with E-state index in [1.807, 2.05) is 0 Å². The van der Waals surface area contributed by atoms with Gasteiger partial charge in [0.25, 0.3) is 5.91 Å². The largest absolute Gasteiger partial charge is 0.353 e. The van der Waals surface area contributed by atoms with Gasteiger partial charge in [0.2, 0.25) is 11.8 Å². The van der Waals surface area contributed by atoms with Crippen molar-refractivity contribution in [1.82, 2.24) is 25.9 Å². The van der Waals surface area contributed by atoms with Crippen LogP contribution in [0.4, 0.5) is 5.82 Å². The first-order valence-electron chi connectivity index (χ1n) is 11.8. The van der Waals surface area contributed by atoms with E-state index in [0.29, 0.717) is 31.7 Å². The van der Waals surface area contributed by atoms with Crippen LogP contribution in [0.25, 0.3) is 6.08 Å². The predicted octanol–water partition coefficient (Wildman–Crippen LogP) is 1.10. The third kappa shape index (κ3) is 4.31. The topological polar surface area (TPSA) is 125 Å². The van der Waals surface area contributed by atoms with Crippen LogP contribution in [0, 0.1) is 0 Å². The Bertz CT molecular complexity index is 1180. The van der Waals surface area contributed by atoms with Gasteiger partial charge in [-0.1, -0.05) is 12.2 Å². The Balaban J connectivity index is 1.43. The minimum atomic E-state index is -0.742. The Morgan fingerprint density at radius 1 is 0.882 bits per heavy atom. The van der Waals surface area contributed by atoms with Gasteiger partial charge < -0.3 is 21.3 Å². The van der Waals surface area contributed by atoms with Crippen molar-refractivity contribution in [3.63, 3.8) is 0 Å². The zero-order chi connectivity index (χ0) is 23.5. The number of hydrogen-bond donors (Lipinski definition) is 4. The molecule has 176 valence electrons. The van der Waals surface area contributed by atoms with Crippen LogP contribution in [0.15, 0.2) is 30.6 Å². The highest BCUT2D eigenvalue weighted by atomic mass is 16.2. The number of rotatable bonds is 0. The first-order valence-corrected chi connectivity index (χ1v) is 11.8. The highest BCUT2D eigenvalue weighted by Crippen LogP contribution is 2.46. The smallest absolute Gasteiger partial charge is 0.270 e. The number of carbonyl (C=O) groups is 3. The Morgan fingerprint density at radius 3 is 2.68 bits per heavy atom. The van der Waals surface area contributed by atoms with Crippen LogP contribution >= 0.6 is 0 Å². The molecule has 3 amide bonds. The van der Waals surface area contributed by atoms with Crippen molar-refractivity contribution in [2.24, 2.45) is 0 Å². The lowest BCUT2D eigenvalue weighted by atomic mass is 9.79. The summed E-state index contributed by atoms with van der Waals surface area (Å²) in [7, 11) is 0. The second-order valence-electron chi connectivity index (χ2n) is 9.07. The quantitative estimate of drug-likeness (QED) is 0.467. The fourth-order valence-corrected chi connectivity index (χ4v) is 4.88. The molecule has 0 saturated heterocycles. The monoisotopic (exact) mass is 460 g/mol. The van der Waals surface area contributed by atoms with E-state index < -0.39 is 11.3 Å². The number of anilines is 1. The molecule has 1 aliphatic carbocycles. The molecule has 9 nitrogen and oxygen atoms in total. The fraction of sp³-hybridized carbons (Fsp3) is 0.400. The normalized spacial score (nSPS) is 23.0. The average molecular weight is 461 g/mol. The van der Waals surface area contributed by atoms with Crippen molar-refractivity contribution < 1.29 is 14.4 Å². The third-order valence-electron chi connectivity index (χ3n) is 6.71. The molecular weight excluding hydrogens is 432 g/mol. The van der Waals surface area contributed by atoms with E-state index in [9.17, 15) is 14.4 Å². The molecule has 5 bridgehead atoms. The SMILES string of the molecule is O=C1CNC(=O)c2cc3c(cn2)CC2(C3)C(=O)Nc3ncc(cc32)C=CCCCCNCCN1. The molecule has 9 heteroatoms. The minimum Gasteiger partial charge on any atom is -0.353 e. The molecule has 2 aromatic rings. The molecule has 1 atom stereocenters. The van der Waals surface area contributed by atoms with E-state index >= 15 is 0 Å². The highest BCUT2D eigenvalue weighted by Gasteiger charge is 2.51. The maximum atomic E-state index is 13.1. The van der Waals surface area contributed by atoms with E-state index in [2.05, 4.69) is 49.5 Å². The molecule has 34 heavy (non-hydrogen) atoms. The van der Waals surface area contributed by atoms with Gasteiger partial charge in [-0.2, -0.15) is 0 Å². The molecule has 0 saturated carbocycles. The average Bonchev–Trinajstić information content (AvgIpc) is 3.35. The molecule has 4 N–H and O–H groups in total. The number of aromatic nitrogens is 2. The van der Waals surface area contributed by atoms with Crippen LogP contribution in [0.3, 0.4) is 0 Å². The fourth-order valence-electron chi connectivity index (χ4n) is 4.88. The van der Waals surface area contributed by atoms with Crippen molar-refractivity contribution in [1.29, 1.82) is 0 Å². The number of hydrogen-bond acceptors (Lipinski definition) is 6. The minimum absolute atomic E-state index is 0.0723. The van der Waals surface area contributed by atoms with Gasteiger partial charge in [0.1, 0.15) is 11.5 Å². The molecule has 1 unspecified atom stereocenters. The van der Waals surface area contributed by atoms with Gasteiger partial charge in [-0.05, 0) is 67.5 Å². The lowest BCUT2D eigenvalue weighted by Gasteiger charge is -2.20. The Kier molecular flexibility index (Phi) is 6.10. The van der Waals surface area contributed by atoms with Crippen LogP contribution in [0.2, 0.25) is 0 Å². The highest BCUT2D eigenvalue weighted by molar-refractivity contribution is 6.06. The molecule has 5 rings (SSSR count). The summed E-state index contributed by atoms with van der Waals surface area (Å²) in [5, 5.41) is 11.7. The Labute approximate surface area is 197 Å². The van der Waals surface area contributed by atoms with Crippen LogP contribution in [0.5, 0.6) is 0 Å². The van der Waals surface area contributed by atoms with Crippen LogP contribution < -0.4 is 21.3 Å². The summed E-state index contributed by atoms with van der Waals surface area (Å²) in [6, 6.07) is 3.78. The maximum absolute atomic E-state index is 13.1. The van der Waals surface area contributed by atoms with Gasteiger partial charge in [-0.25, -0.2) is 4.98 Å². The Hall–Kier alpha value is -3.59. The van der Waals surface area contributed by atoms with Gasteiger partial charge in [-0.3, -0.25) is 19.4 Å². The molecule has 0 radical (unpaired) electrons. The molecule has 2 aliphatic heterocycles. The molecule has 0 fully saturated rings. The first kappa shape index (κ1) is 22.2. The first-order chi connectivity index (χ1) is 16.5. The van der Waals surface area contributed by atoms with Crippen LogP contribution in [-0.4, -0.2) is 53.9 Å². The Morgan fingerprint density at radius 2 is 1.76 bits per heavy atom. The number of allylic oxidation sites excluding steroid dienone is 1. The number of nitrogens with zero attached hydrogens (tertiary/aromatic N) is 2. The molecule has 1 spiro atoms. The predicted molar refractivity (Wildman–Crippen MR) is 127 cm³/mol. The number of amides is 3. The van der Waals surface area contributed by atoms with Crippen LogP contribution in [0.1, 0.15) is 52.0 Å². The van der Waals surface area contributed by atoms with Crippen molar-refractivity contribution in [3.8, 4) is 0 Å². The molecule has 4 heterocycles. The van der Waals surface area contributed by atoms with Gasteiger partial charge >= 0.3 is 0 Å². The molecule has 0 aromatic carbocycles. The summed E-state index contributed by atoms with van der Waals surface area (Å²) in [6.45, 7) is 1.94. The summed E-state index contributed by atoms with van der Waals surface area (Å²) in [5.41, 5.74) is 3.23. The molecular formula is C25H28N6O3. The van der Waals surface area contributed by atoms with E-state index in [0.717, 1.165) is 48.1 Å². The number of nitrogens with one attached hydrogen (secondary N) is 4. The zero-order valence-corrected chi connectivity index (χ0v) is 18.9. The number of fused-ring (bicyclic) bond motifs is 2. The van der Waals surface area contributed by atoms with E-state index in [4.69, 9.17) is 0 Å². The third-order valence-corrected chi connectivity index (χ3v) is 6.71. The van der Waals surface area contributed by atoms with E-state index in [1.54, 1.807) is 18.5 Å². The summed E-state index contributed by atoms with van der Waals surface area (Å²) in [5.74, 6) is -0.126. The zero-order valence-electron chi connectivity index (χ0n) is 18.9. The van der Waals surface area contributed by atoms with E-state index in [-0.39, 0.29) is 24.1 Å². The standard InChI is InChI=1S/C25H28N6O3/c32-21-15-30-23(33)20-10-17-11-25(12-18(17)14-28-20)19-9-16(13-29-22(19)31-24(25)34)5-3-1-2-4-6-26-7-8-27-21/h3,5,9-10,13-14,26H,1-2,4,6-8,11-12,15H2,(H,27,32)(H,30,33)(H,29,31,34). The second kappa shape index (κ2) is 9.34. The van der Waals surface area contributed by atoms with Gasteiger partial charge in [0, 0.05) is 31.0 Å². The van der Waals surface area contributed by atoms with Gasteiger partial charge in [-0.15, -0.1) is 0 Å². The maximum Gasteiger partial charge on any atom is 0.270 e. The van der Waals surface area contributed by atoms with Crippen molar-refractivity contribution in [2.75, 3.05) is 31.5 Å². The van der Waals surface area contributed by atoms with Crippen LogP contribution in [-0.2, 0) is 27.8 Å². The molecule has 3 aliphatic rings. The lowest BCUT2D eigenvalue weighted by molar-refractivity contribution is -0.121. The summed E-state index contributed by atoms with van der Waals surface area (Å²) >= 11 is 0. The second-order valence-corrected chi connectivity index (χ2v) is 9.07. The molecule has 2 aromatic heterocycles. The summed E-state index contributed by atoms with van der Waals surface area (Å²) < 4.78 is 0. The lowest BCUT2D eigenvalue weighted by Crippen LogP contribution is -2.39. The number of pyridine rings is 2. The number of carbonyl (C=O) groups excluding carboxylic acids is 3. The van der Waals surface area contributed by atoms with Crippen molar-refractivity contribution in [2.45, 2.75) is 37.5 Å². The summed E-state index contributed by atoms with van der Waals surface area (Å²) in [4.78, 5) is 46.6. The summed E-state index contributed by atoms with van der Waals surface area (Å²) in [6.07, 6.45) is 11.7. The van der Waals surface area contributed by atoms with Crippen molar-refractivity contribution in [3.05, 3.63) is 58.6 Å². The van der Waals surface area contributed by atoms with Gasteiger partial charge in [0.05, 0.1) is 12.0 Å².